The molecule has 0 aliphatic heterocycles. The molecule has 0 radical (unpaired) electrons. The Kier molecular flexibility index (Phi) is 8.45. The fourth-order valence-corrected chi connectivity index (χ4v) is 1.28. The van der Waals surface area contributed by atoms with Gasteiger partial charge in [0.15, 0.2) is 0 Å². The number of pyridine rings is 1. The van der Waals surface area contributed by atoms with Gasteiger partial charge in [0.1, 0.15) is 0 Å². The molecule has 1 aromatic heterocycles. The summed E-state index contributed by atoms with van der Waals surface area (Å²) in [6, 6.07) is 6.13. The van der Waals surface area contributed by atoms with E-state index in [2.05, 4.69) is 24.0 Å². The van der Waals surface area contributed by atoms with Crippen LogP contribution < -0.4 is 0 Å². The Balaban J connectivity index is 0.000000437. The molecule has 0 aromatic carbocycles. The Morgan fingerprint density at radius 3 is 2.18 bits per heavy atom. The maximum atomic E-state index is 9.75. The van der Waals surface area contributed by atoms with Gasteiger partial charge in [-0.2, -0.15) is 0 Å². The molecule has 0 saturated heterocycles. The van der Waals surface area contributed by atoms with E-state index >= 15 is 0 Å². The first-order valence-electron chi connectivity index (χ1n) is 5.70. The van der Waals surface area contributed by atoms with E-state index < -0.39 is 7.25 Å². The van der Waals surface area contributed by atoms with Gasteiger partial charge in [-0.3, -0.25) is 4.98 Å². The van der Waals surface area contributed by atoms with Crippen molar-refractivity contribution < 1.29 is 17.3 Å². The van der Waals surface area contributed by atoms with E-state index in [1.165, 1.54) is 31.4 Å². The summed E-state index contributed by atoms with van der Waals surface area (Å²) in [6.07, 6.45) is 8.29. The van der Waals surface area contributed by atoms with Crippen molar-refractivity contribution in [3.63, 3.8) is 0 Å². The Bertz CT molecular complexity index is 271. The molecule has 1 aromatic rings. The van der Waals surface area contributed by atoms with Crippen LogP contribution in [-0.4, -0.2) is 12.2 Å². The van der Waals surface area contributed by atoms with E-state index in [1.807, 2.05) is 12.3 Å². The number of hydrogen-bond donors (Lipinski definition) is 0. The van der Waals surface area contributed by atoms with E-state index in [1.54, 1.807) is 0 Å². The van der Waals surface area contributed by atoms with E-state index in [0.29, 0.717) is 0 Å². The van der Waals surface area contributed by atoms with Crippen molar-refractivity contribution in [3.05, 3.63) is 30.1 Å². The van der Waals surface area contributed by atoms with Crippen molar-refractivity contribution in [1.82, 2.24) is 4.98 Å². The summed E-state index contributed by atoms with van der Waals surface area (Å²) < 4.78 is 39.0. The highest BCUT2D eigenvalue weighted by Crippen LogP contribution is 2.06. The molecule has 6 heteroatoms. The number of aromatic nitrogens is 1. The molecular formula is C11H17BF4N-. The molecule has 0 unspecified atom stereocenters. The molecule has 98 valence electrons. The molecular weight excluding hydrogens is 233 g/mol. The maximum absolute atomic E-state index is 9.75. The van der Waals surface area contributed by atoms with Gasteiger partial charge in [0.05, 0.1) is 0 Å². The molecule has 0 saturated carbocycles. The first kappa shape index (κ1) is 15.9. The lowest BCUT2D eigenvalue weighted by Gasteiger charge is -1.98. The van der Waals surface area contributed by atoms with Gasteiger partial charge in [-0.15, -0.1) is 0 Å². The second-order valence-corrected chi connectivity index (χ2v) is 3.63. The Morgan fingerprint density at radius 1 is 1.06 bits per heavy atom. The van der Waals surface area contributed by atoms with Crippen LogP contribution in [0.1, 0.15) is 38.3 Å². The zero-order valence-corrected chi connectivity index (χ0v) is 9.88. The highest BCUT2D eigenvalue weighted by molar-refractivity contribution is 6.50. The topological polar surface area (TPSA) is 12.9 Å². The van der Waals surface area contributed by atoms with Gasteiger partial charge >= 0.3 is 7.25 Å². The summed E-state index contributed by atoms with van der Waals surface area (Å²) in [5.74, 6) is 0. The van der Waals surface area contributed by atoms with Crippen LogP contribution in [0, 0.1) is 0 Å². The monoisotopic (exact) mass is 250 g/mol. The maximum Gasteiger partial charge on any atom is 0.673 e. The molecule has 0 aliphatic carbocycles. The van der Waals surface area contributed by atoms with Crippen LogP contribution in [0.4, 0.5) is 17.3 Å². The van der Waals surface area contributed by atoms with Crippen LogP contribution in [0.5, 0.6) is 0 Å². The number of aryl methyl sites for hydroxylation is 1. The van der Waals surface area contributed by atoms with Crippen molar-refractivity contribution >= 4 is 7.25 Å². The minimum absolute atomic E-state index is 1.14. The van der Waals surface area contributed by atoms with Crippen LogP contribution in [0.3, 0.4) is 0 Å². The summed E-state index contributed by atoms with van der Waals surface area (Å²) in [4.78, 5) is 4.28. The highest BCUT2D eigenvalue weighted by atomic mass is 19.5. The van der Waals surface area contributed by atoms with Crippen molar-refractivity contribution in [3.8, 4) is 0 Å². The SMILES string of the molecule is CCCCCCc1ccccn1.F[B-](F)(F)F. The van der Waals surface area contributed by atoms with Gasteiger partial charge in [0.25, 0.3) is 0 Å². The Hall–Kier alpha value is -1.07. The average Bonchev–Trinajstić information content (AvgIpc) is 2.24. The lowest BCUT2D eigenvalue weighted by Crippen LogP contribution is -2.02. The number of nitrogens with zero attached hydrogens (tertiary/aromatic N) is 1. The zero-order valence-electron chi connectivity index (χ0n) is 9.88. The molecule has 1 rings (SSSR count). The normalized spacial score (nSPS) is 10.6. The number of hydrogen-bond acceptors (Lipinski definition) is 1. The molecule has 0 fully saturated rings. The molecule has 1 nitrogen and oxygen atoms in total. The predicted octanol–water partition coefficient (Wildman–Crippen LogP) is 4.50. The molecule has 0 spiro atoms. The van der Waals surface area contributed by atoms with Crippen LogP contribution in [0.25, 0.3) is 0 Å². The van der Waals surface area contributed by atoms with E-state index in [-0.39, 0.29) is 0 Å². The summed E-state index contributed by atoms with van der Waals surface area (Å²) in [7, 11) is -6.00. The standard InChI is InChI=1S/C11H17N.BF4/c1-2-3-4-5-8-11-9-6-7-10-12-11;2-1(3,4)5/h6-7,9-10H,2-5,8H2,1H3;/q;-1. The van der Waals surface area contributed by atoms with Crippen LogP contribution in [-0.2, 0) is 6.42 Å². The summed E-state index contributed by atoms with van der Waals surface area (Å²) in [5, 5.41) is 0. The largest absolute Gasteiger partial charge is 0.673 e. The number of unbranched alkanes of at least 4 members (excludes halogenated alkanes) is 3. The summed E-state index contributed by atoms with van der Waals surface area (Å²) in [5.41, 5.74) is 1.23. The van der Waals surface area contributed by atoms with Crippen LogP contribution >= 0.6 is 0 Å². The van der Waals surface area contributed by atoms with Crippen molar-refractivity contribution in [2.24, 2.45) is 0 Å². The molecule has 0 atom stereocenters. The first-order chi connectivity index (χ1) is 7.93. The van der Waals surface area contributed by atoms with Gasteiger partial charge in [-0.1, -0.05) is 32.3 Å². The van der Waals surface area contributed by atoms with Crippen LogP contribution in [0.15, 0.2) is 24.4 Å². The molecule has 17 heavy (non-hydrogen) atoms. The first-order valence-corrected chi connectivity index (χ1v) is 5.70. The minimum Gasteiger partial charge on any atom is -0.418 e. The van der Waals surface area contributed by atoms with Gasteiger partial charge in [0, 0.05) is 11.9 Å². The van der Waals surface area contributed by atoms with Crippen molar-refractivity contribution in [2.75, 3.05) is 0 Å². The van der Waals surface area contributed by atoms with Gasteiger partial charge in [-0.05, 0) is 25.0 Å². The molecule has 0 aliphatic rings. The zero-order chi connectivity index (χ0) is 13.1. The summed E-state index contributed by atoms with van der Waals surface area (Å²) in [6.45, 7) is 2.24. The van der Waals surface area contributed by atoms with Crippen LogP contribution in [0.2, 0.25) is 0 Å². The van der Waals surface area contributed by atoms with Crippen molar-refractivity contribution in [1.29, 1.82) is 0 Å². The fourth-order valence-electron chi connectivity index (χ4n) is 1.28. The lowest BCUT2D eigenvalue weighted by molar-refractivity contribution is 0.368. The highest BCUT2D eigenvalue weighted by Gasteiger charge is 2.20. The third kappa shape index (κ3) is 14.9. The fraction of sp³-hybridized carbons (Fsp3) is 0.545. The molecule has 0 bridgehead atoms. The number of halogens is 4. The molecule has 0 N–H and O–H groups in total. The second kappa shape index (κ2) is 9.02. The van der Waals surface area contributed by atoms with E-state index in [9.17, 15) is 17.3 Å². The van der Waals surface area contributed by atoms with E-state index in [0.717, 1.165) is 6.42 Å². The lowest BCUT2D eigenvalue weighted by atomic mass is 10.1. The summed E-state index contributed by atoms with van der Waals surface area (Å²) >= 11 is 0. The smallest absolute Gasteiger partial charge is 0.418 e. The molecule has 0 amide bonds. The van der Waals surface area contributed by atoms with Gasteiger partial charge in [0.2, 0.25) is 0 Å². The number of rotatable bonds is 5. The quantitative estimate of drug-likeness (QED) is 0.425. The molecule has 1 heterocycles. The predicted molar refractivity (Wildman–Crippen MR) is 62.3 cm³/mol. The average molecular weight is 250 g/mol. The third-order valence-electron chi connectivity index (χ3n) is 2.01. The minimum atomic E-state index is -6.00. The van der Waals surface area contributed by atoms with Gasteiger partial charge in [-0.25, -0.2) is 0 Å². The van der Waals surface area contributed by atoms with E-state index in [4.69, 9.17) is 0 Å². The Labute approximate surface area is 99.4 Å². The van der Waals surface area contributed by atoms with Crippen molar-refractivity contribution in [2.45, 2.75) is 39.0 Å². The second-order valence-electron chi connectivity index (χ2n) is 3.63. The third-order valence-corrected chi connectivity index (χ3v) is 2.01. The Morgan fingerprint density at radius 2 is 1.71 bits per heavy atom. The van der Waals surface area contributed by atoms with Gasteiger partial charge < -0.3 is 17.3 Å².